The summed E-state index contributed by atoms with van der Waals surface area (Å²) in [6.07, 6.45) is 5.30. The van der Waals surface area contributed by atoms with Crippen molar-refractivity contribution in [3.8, 4) is 0 Å². The van der Waals surface area contributed by atoms with Crippen molar-refractivity contribution in [2.75, 3.05) is 13.1 Å². The molecule has 0 radical (unpaired) electrons. The summed E-state index contributed by atoms with van der Waals surface area (Å²) in [7, 11) is 0. The second kappa shape index (κ2) is 5.31. The van der Waals surface area contributed by atoms with Crippen LogP contribution in [0.25, 0.3) is 0 Å². The van der Waals surface area contributed by atoms with Crippen LogP contribution in [-0.4, -0.2) is 22.9 Å². The van der Waals surface area contributed by atoms with Crippen molar-refractivity contribution in [3.05, 3.63) is 18.0 Å². The van der Waals surface area contributed by atoms with E-state index in [0.29, 0.717) is 0 Å². The van der Waals surface area contributed by atoms with Crippen molar-refractivity contribution in [1.82, 2.24) is 15.1 Å². The third kappa shape index (κ3) is 3.34. The second-order valence-corrected chi connectivity index (χ2v) is 4.57. The van der Waals surface area contributed by atoms with Crippen LogP contribution >= 0.6 is 0 Å². The quantitative estimate of drug-likeness (QED) is 0.728. The summed E-state index contributed by atoms with van der Waals surface area (Å²) in [6.45, 7) is 11.9. The van der Waals surface area contributed by atoms with Gasteiger partial charge in [-0.05, 0) is 37.4 Å². The zero-order chi connectivity index (χ0) is 11.3. The molecule has 0 amide bonds. The summed E-state index contributed by atoms with van der Waals surface area (Å²) in [5, 5.41) is 7.69. The van der Waals surface area contributed by atoms with E-state index in [1.54, 1.807) is 0 Å². The van der Waals surface area contributed by atoms with E-state index in [-0.39, 0.29) is 5.41 Å². The monoisotopic (exact) mass is 209 g/mol. The highest BCUT2D eigenvalue weighted by Crippen LogP contribution is 2.25. The molecule has 0 aliphatic rings. The topological polar surface area (TPSA) is 29.9 Å². The van der Waals surface area contributed by atoms with Gasteiger partial charge in [-0.25, -0.2) is 0 Å². The zero-order valence-corrected chi connectivity index (χ0v) is 10.4. The summed E-state index contributed by atoms with van der Waals surface area (Å²) >= 11 is 0. The molecular formula is C12H23N3. The molecule has 1 N–H and O–H groups in total. The second-order valence-electron chi connectivity index (χ2n) is 4.57. The Balaban J connectivity index is 2.59. The van der Waals surface area contributed by atoms with Gasteiger partial charge >= 0.3 is 0 Å². The molecule has 0 unspecified atom stereocenters. The average Bonchev–Trinajstić information content (AvgIpc) is 2.66. The minimum absolute atomic E-state index is 0.218. The number of aryl methyl sites for hydroxylation is 1. The Morgan fingerprint density at radius 3 is 2.67 bits per heavy atom. The molecule has 86 valence electrons. The first-order chi connectivity index (χ1) is 7.10. The van der Waals surface area contributed by atoms with Crippen molar-refractivity contribution >= 4 is 0 Å². The number of hydrogen-bond acceptors (Lipinski definition) is 2. The van der Waals surface area contributed by atoms with E-state index in [4.69, 9.17) is 0 Å². The lowest BCUT2D eigenvalue weighted by Crippen LogP contribution is -2.25. The Labute approximate surface area is 92.9 Å². The van der Waals surface area contributed by atoms with E-state index < -0.39 is 0 Å². The molecule has 3 heteroatoms. The number of aromatic nitrogens is 2. The third-order valence-electron chi connectivity index (χ3n) is 2.92. The van der Waals surface area contributed by atoms with Crippen LogP contribution < -0.4 is 5.32 Å². The zero-order valence-electron chi connectivity index (χ0n) is 10.4. The number of nitrogens with one attached hydrogen (secondary N) is 1. The van der Waals surface area contributed by atoms with Crippen LogP contribution in [-0.2, 0) is 12.0 Å². The first-order valence-corrected chi connectivity index (χ1v) is 5.83. The smallest absolute Gasteiger partial charge is 0.0527 e. The van der Waals surface area contributed by atoms with E-state index in [2.05, 4.69) is 44.3 Å². The minimum Gasteiger partial charge on any atom is -0.317 e. The van der Waals surface area contributed by atoms with E-state index >= 15 is 0 Å². The van der Waals surface area contributed by atoms with Crippen LogP contribution in [0.4, 0.5) is 0 Å². The maximum Gasteiger partial charge on any atom is 0.0527 e. The van der Waals surface area contributed by atoms with Crippen LogP contribution in [0.2, 0.25) is 0 Å². The largest absolute Gasteiger partial charge is 0.317 e. The van der Waals surface area contributed by atoms with Gasteiger partial charge in [-0.2, -0.15) is 5.10 Å². The molecule has 0 bridgehead atoms. The van der Waals surface area contributed by atoms with E-state index in [0.717, 1.165) is 26.1 Å². The highest BCUT2D eigenvalue weighted by molar-refractivity contribution is 5.16. The van der Waals surface area contributed by atoms with Gasteiger partial charge in [-0.3, -0.25) is 4.68 Å². The summed E-state index contributed by atoms with van der Waals surface area (Å²) in [5.41, 5.74) is 1.55. The van der Waals surface area contributed by atoms with Gasteiger partial charge < -0.3 is 5.32 Å². The van der Waals surface area contributed by atoms with Gasteiger partial charge in [0.15, 0.2) is 0 Å². The van der Waals surface area contributed by atoms with Gasteiger partial charge in [0, 0.05) is 12.7 Å². The molecule has 0 spiro atoms. The molecule has 15 heavy (non-hydrogen) atoms. The first kappa shape index (κ1) is 12.2. The molecule has 1 rings (SSSR count). The number of hydrogen-bond donors (Lipinski definition) is 1. The average molecular weight is 209 g/mol. The molecule has 0 fully saturated rings. The summed E-state index contributed by atoms with van der Waals surface area (Å²) in [5.74, 6) is 0. The minimum atomic E-state index is 0.218. The fraction of sp³-hybridized carbons (Fsp3) is 0.750. The predicted molar refractivity (Wildman–Crippen MR) is 64.1 cm³/mol. The predicted octanol–water partition coefficient (Wildman–Crippen LogP) is 2.18. The third-order valence-corrected chi connectivity index (χ3v) is 2.92. The Morgan fingerprint density at radius 2 is 2.13 bits per heavy atom. The highest BCUT2D eigenvalue weighted by Gasteiger charge is 2.21. The molecule has 0 aromatic carbocycles. The standard InChI is InChI=1S/C12H23N3/c1-5-13-8-7-12(3,4)11-9-14-15(6-2)10-11/h9-10,13H,5-8H2,1-4H3. The lowest BCUT2D eigenvalue weighted by Gasteiger charge is -2.23. The van der Waals surface area contributed by atoms with E-state index in [1.165, 1.54) is 5.56 Å². The van der Waals surface area contributed by atoms with Gasteiger partial charge in [0.2, 0.25) is 0 Å². The van der Waals surface area contributed by atoms with E-state index in [1.807, 2.05) is 10.9 Å². The van der Waals surface area contributed by atoms with Gasteiger partial charge in [-0.15, -0.1) is 0 Å². The molecule has 0 aliphatic carbocycles. The Hall–Kier alpha value is -0.830. The fourth-order valence-corrected chi connectivity index (χ4v) is 1.61. The maximum absolute atomic E-state index is 4.33. The lowest BCUT2D eigenvalue weighted by atomic mass is 9.83. The molecule has 1 aromatic heterocycles. The molecule has 1 heterocycles. The molecule has 0 atom stereocenters. The lowest BCUT2D eigenvalue weighted by molar-refractivity contribution is 0.460. The van der Waals surface area contributed by atoms with Crippen molar-refractivity contribution in [2.45, 2.75) is 46.1 Å². The van der Waals surface area contributed by atoms with Crippen molar-refractivity contribution in [2.24, 2.45) is 0 Å². The molecule has 0 saturated carbocycles. The van der Waals surface area contributed by atoms with Crippen LogP contribution in [0.3, 0.4) is 0 Å². The SMILES string of the molecule is CCNCCC(C)(C)c1cnn(CC)c1. The molecule has 3 nitrogen and oxygen atoms in total. The Morgan fingerprint density at radius 1 is 1.40 bits per heavy atom. The van der Waals surface area contributed by atoms with Gasteiger partial charge in [-0.1, -0.05) is 20.8 Å². The van der Waals surface area contributed by atoms with Crippen LogP contribution in [0, 0.1) is 0 Å². The normalized spacial score (nSPS) is 12.0. The summed E-state index contributed by atoms with van der Waals surface area (Å²) in [6, 6.07) is 0. The Bertz CT molecular complexity index is 289. The number of rotatable bonds is 6. The van der Waals surface area contributed by atoms with Crippen molar-refractivity contribution in [1.29, 1.82) is 0 Å². The van der Waals surface area contributed by atoms with Crippen molar-refractivity contribution in [3.63, 3.8) is 0 Å². The molecule has 0 aliphatic heterocycles. The maximum atomic E-state index is 4.33. The van der Waals surface area contributed by atoms with Crippen molar-refractivity contribution < 1.29 is 0 Å². The molecule has 0 saturated heterocycles. The Kier molecular flexibility index (Phi) is 4.33. The summed E-state index contributed by atoms with van der Waals surface area (Å²) in [4.78, 5) is 0. The summed E-state index contributed by atoms with van der Waals surface area (Å²) < 4.78 is 1.99. The van der Waals surface area contributed by atoms with E-state index in [9.17, 15) is 0 Å². The van der Waals surface area contributed by atoms with Gasteiger partial charge in [0.05, 0.1) is 6.20 Å². The van der Waals surface area contributed by atoms with Gasteiger partial charge in [0.1, 0.15) is 0 Å². The fourth-order valence-electron chi connectivity index (χ4n) is 1.61. The highest BCUT2D eigenvalue weighted by atomic mass is 15.3. The molecular weight excluding hydrogens is 186 g/mol. The van der Waals surface area contributed by atoms with Crippen LogP contribution in [0.15, 0.2) is 12.4 Å². The van der Waals surface area contributed by atoms with Crippen LogP contribution in [0.1, 0.15) is 39.7 Å². The first-order valence-electron chi connectivity index (χ1n) is 5.83. The number of nitrogens with zero attached hydrogens (tertiary/aromatic N) is 2. The molecule has 1 aromatic rings. The van der Waals surface area contributed by atoms with Crippen LogP contribution in [0.5, 0.6) is 0 Å². The van der Waals surface area contributed by atoms with Gasteiger partial charge in [0.25, 0.3) is 0 Å².